The van der Waals surface area contributed by atoms with E-state index in [0.29, 0.717) is 12.1 Å². The molecule has 1 amide bonds. The van der Waals surface area contributed by atoms with Crippen molar-refractivity contribution in [3.63, 3.8) is 0 Å². The van der Waals surface area contributed by atoms with E-state index in [1.807, 2.05) is 25.1 Å². The second kappa shape index (κ2) is 7.85. The Balaban J connectivity index is 1.94. The summed E-state index contributed by atoms with van der Waals surface area (Å²) in [6.07, 6.45) is 6.43. The molecule has 0 heterocycles. The van der Waals surface area contributed by atoms with Crippen LogP contribution in [0.2, 0.25) is 0 Å². The molecule has 1 aromatic rings. The van der Waals surface area contributed by atoms with Crippen LogP contribution < -0.4 is 11.1 Å². The first kappa shape index (κ1) is 15.6. The molecule has 0 aromatic heterocycles. The number of nitrogens with two attached hydrogens (primary N) is 1. The van der Waals surface area contributed by atoms with Crippen molar-refractivity contribution in [1.82, 2.24) is 5.32 Å². The maximum absolute atomic E-state index is 12.3. The standard InChI is InChI=1S/C18H24N2O/c1-14-8-9-16(7-4-11-19)13-17(14)18(21)20-12-10-15-5-2-3-6-15/h8-9,13,15H,2-3,5-6,10-12,19H2,1H3,(H,20,21). The van der Waals surface area contributed by atoms with Crippen molar-refractivity contribution in [2.24, 2.45) is 11.7 Å². The van der Waals surface area contributed by atoms with E-state index in [2.05, 4.69) is 17.2 Å². The van der Waals surface area contributed by atoms with Gasteiger partial charge in [-0.3, -0.25) is 4.79 Å². The average Bonchev–Trinajstić information content (AvgIpc) is 2.99. The second-order valence-electron chi connectivity index (χ2n) is 5.73. The topological polar surface area (TPSA) is 55.1 Å². The van der Waals surface area contributed by atoms with Crippen molar-refractivity contribution in [3.05, 3.63) is 34.9 Å². The largest absolute Gasteiger partial charge is 0.352 e. The minimum Gasteiger partial charge on any atom is -0.352 e. The highest BCUT2D eigenvalue weighted by Gasteiger charge is 2.15. The van der Waals surface area contributed by atoms with E-state index in [4.69, 9.17) is 5.73 Å². The second-order valence-corrected chi connectivity index (χ2v) is 5.73. The highest BCUT2D eigenvalue weighted by molar-refractivity contribution is 5.96. The van der Waals surface area contributed by atoms with Crippen LogP contribution in [0.5, 0.6) is 0 Å². The number of hydrogen-bond acceptors (Lipinski definition) is 2. The quantitative estimate of drug-likeness (QED) is 0.835. The molecule has 0 unspecified atom stereocenters. The summed E-state index contributed by atoms with van der Waals surface area (Å²) in [6, 6.07) is 5.71. The van der Waals surface area contributed by atoms with Crippen molar-refractivity contribution in [3.8, 4) is 11.8 Å². The fourth-order valence-corrected chi connectivity index (χ4v) is 2.88. The number of amides is 1. The Kier molecular flexibility index (Phi) is 5.83. The van der Waals surface area contributed by atoms with Crippen LogP contribution in [0.3, 0.4) is 0 Å². The molecule has 1 fully saturated rings. The van der Waals surface area contributed by atoms with Crippen LogP contribution in [0.4, 0.5) is 0 Å². The number of hydrogen-bond donors (Lipinski definition) is 2. The fourth-order valence-electron chi connectivity index (χ4n) is 2.88. The van der Waals surface area contributed by atoms with Crippen LogP contribution in [0.15, 0.2) is 18.2 Å². The van der Waals surface area contributed by atoms with Crippen LogP contribution in [0.25, 0.3) is 0 Å². The van der Waals surface area contributed by atoms with E-state index >= 15 is 0 Å². The summed E-state index contributed by atoms with van der Waals surface area (Å²) in [5, 5.41) is 3.04. The summed E-state index contributed by atoms with van der Waals surface area (Å²) in [6.45, 7) is 3.05. The van der Waals surface area contributed by atoms with Gasteiger partial charge in [0.05, 0.1) is 6.54 Å². The number of nitrogens with one attached hydrogen (secondary N) is 1. The Morgan fingerprint density at radius 3 is 2.86 bits per heavy atom. The zero-order chi connectivity index (χ0) is 15.1. The highest BCUT2D eigenvalue weighted by Crippen LogP contribution is 2.26. The van der Waals surface area contributed by atoms with Crippen LogP contribution >= 0.6 is 0 Å². The van der Waals surface area contributed by atoms with Gasteiger partial charge in [0, 0.05) is 17.7 Å². The lowest BCUT2D eigenvalue weighted by atomic mass is 10.0. The number of carbonyl (C=O) groups is 1. The molecule has 1 aliphatic carbocycles. The lowest BCUT2D eigenvalue weighted by Gasteiger charge is -2.11. The van der Waals surface area contributed by atoms with Crippen LogP contribution in [0, 0.1) is 24.7 Å². The van der Waals surface area contributed by atoms with Crippen LogP contribution in [-0.2, 0) is 0 Å². The molecule has 1 aliphatic rings. The van der Waals surface area contributed by atoms with E-state index in [1.165, 1.54) is 25.7 Å². The fraction of sp³-hybridized carbons (Fsp3) is 0.500. The van der Waals surface area contributed by atoms with E-state index in [1.54, 1.807) is 0 Å². The Hall–Kier alpha value is -1.79. The molecule has 1 saturated carbocycles. The Morgan fingerprint density at radius 2 is 2.14 bits per heavy atom. The first-order valence-electron chi connectivity index (χ1n) is 7.78. The lowest BCUT2D eigenvalue weighted by molar-refractivity contribution is 0.0951. The van der Waals surface area contributed by atoms with Crippen molar-refractivity contribution < 1.29 is 4.79 Å². The van der Waals surface area contributed by atoms with E-state index in [0.717, 1.165) is 30.0 Å². The summed E-state index contributed by atoms with van der Waals surface area (Å²) in [5.74, 6) is 6.59. The van der Waals surface area contributed by atoms with Gasteiger partial charge in [-0.2, -0.15) is 0 Å². The third-order valence-corrected chi connectivity index (χ3v) is 4.13. The SMILES string of the molecule is Cc1ccc(C#CCN)cc1C(=O)NCCC1CCCC1. The summed E-state index contributed by atoms with van der Waals surface area (Å²) in [5.41, 5.74) is 7.91. The van der Waals surface area contributed by atoms with Gasteiger partial charge in [-0.15, -0.1) is 0 Å². The molecular formula is C18H24N2O. The van der Waals surface area contributed by atoms with Gasteiger partial charge >= 0.3 is 0 Å². The smallest absolute Gasteiger partial charge is 0.251 e. The number of rotatable bonds is 4. The molecule has 112 valence electrons. The molecule has 0 bridgehead atoms. The van der Waals surface area contributed by atoms with Crippen molar-refractivity contribution in [2.75, 3.05) is 13.1 Å². The normalized spacial score (nSPS) is 14.6. The molecule has 0 aliphatic heterocycles. The van der Waals surface area contributed by atoms with Crippen molar-refractivity contribution >= 4 is 5.91 Å². The average molecular weight is 284 g/mol. The zero-order valence-corrected chi connectivity index (χ0v) is 12.7. The molecule has 0 atom stereocenters. The van der Waals surface area contributed by atoms with Gasteiger partial charge in [0.1, 0.15) is 0 Å². The molecule has 1 aromatic carbocycles. The lowest BCUT2D eigenvalue weighted by Crippen LogP contribution is -2.26. The van der Waals surface area contributed by atoms with Gasteiger partial charge in [-0.05, 0) is 37.0 Å². The molecule has 3 nitrogen and oxygen atoms in total. The van der Waals surface area contributed by atoms with E-state index in [-0.39, 0.29) is 5.91 Å². The molecule has 3 heteroatoms. The van der Waals surface area contributed by atoms with Gasteiger partial charge in [-0.25, -0.2) is 0 Å². The summed E-state index contributed by atoms with van der Waals surface area (Å²) in [4.78, 5) is 12.3. The molecule has 2 rings (SSSR count). The van der Waals surface area contributed by atoms with Crippen LogP contribution in [-0.4, -0.2) is 19.0 Å². The highest BCUT2D eigenvalue weighted by atomic mass is 16.1. The van der Waals surface area contributed by atoms with Crippen molar-refractivity contribution in [1.29, 1.82) is 0 Å². The van der Waals surface area contributed by atoms with Crippen LogP contribution in [0.1, 0.15) is 53.6 Å². The molecule has 3 N–H and O–H groups in total. The first-order chi connectivity index (χ1) is 10.2. The van der Waals surface area contributed by atoms with Gasteiger partial charge in [0.2, 0.25) is 0 Å². The maximum atomic E-state index is 12.3. The third kappa shape index (κ3) is 4.61. The minimum atomic E-state index is 0.00176. The molecular weight excluding hydrogens is 260 g/mol. The van der Waals surface area contributed by atoms with Gasteiger partial charge < -0.3 is 11.1 Å². The van der Waals surface area contributed by atoms with Crippen molar-refractivity contribution in [2.45, 2.75) is 39.0 Å². The Bertz CT molecular complexity index is 548. The number of carbonyl (C=O) groups excluding carboxylic acids is 1. The molecule has 0 spiro atoms. The predicted molar refractivity (Wildman–Crippen MR) is 86.0 cm³/mol. The predicted octanol–water partition coefficient (Wildman–Crippen LogP) is 2.62. The molecule has 21 heavy (non-hydrogen) atoms. The third-order valence-electron chi connectivity index (χ3n) is 4.13. The summed E-state index contributed by atoms with van der Waals surface area (Å²) >= 11 is 0. The zero-order valence-electron chi connectivity index (χ0n) is 12.7. The van der Waals surface area contributed by atoms with E-state index < -0.39 is 0 Å². The number of benzene rings is 1. The Morgan fingerprint density at radius 1 is 1.38 bits per heavy atom. The van der Waals surface area contributed by atoms with Gasteiger partial charge in [-0.1, -0.05) is 43.6 Å². The van der Waals surface area contributed by atoms with E-state index in [9.17, 15) is 4.79 Å². The Labute approximate surface area is 127 Å². The van der Waals surface area contributed by atoms with Gasteiger partial charge in [0.25, 0.3) is 5.91 Å². The molecule has 0 radical (unpaired) electrons. The summed E-state index contributed by atoms with van der Waals surface area (Å²) in [7, 11) is 0. The summed E-state index contributed by atoms with van der Waals surface area (Å²) < 4.78 is 0. The van der Waals surface area contributed by atoms with Gasteiger partial charge in [0.15, 0.2) is 0 Å². The molecule has 0 saturated heterocycles. The first-order valence-corrected chi connectivity index (χ1v) is 7.78. The maximum Gasteiger partial charge on any atom is 0.251 e. The minimum absolute atomic E-state index is 0.00176. The number of aryl methyl sites for hydroxylation is 1. The monoisotopic (exact) mass is 284 g/mol.